The molecule has 1 fully saturated rings. The molecular formula is C23H22ClF2N3O3. The minimum Gasteiger partial charge on any atom is -0.394 e. The minimum absolute atomic E-state index is 0.0564. The summed E-state index contributed by atoms with van der Waals surface area (Å²) in [6, 6.07) is 9.75. The molecule has 0 spiro atoms. The summed E-state index contributed by atoms with van der Waals surface area (Å²) in [4.78, 5) is 17.1. The van der Waals surface area contributed by atoms with Crippen LogP contribution in [0, 0.1) is 5.82 Å². The van der Waals surface area contributed by atoms with E-state index in [0.29, 0.717) is 30.0 Å². The number of halogens is 3. The summed E-state index contributed by atoms with van der Waals surface area (Å²) in [5, 5.41) is 17.0. The maximum atomic E-state index is 14.0. The Labute approximate surface area is 188 Å². The third-order valence-electron chi connectivity index (χ3n) is 5.44. The molecule has 0 unspecified atom stereocenters. The fourth-order valence-electron chi connectivity index (χ4n) is 3.62. The standard InChI is InChI=1S/C23H22ClF2N3O3/c24-17-8-13(3-4-18(17)25)21(11-30)29-23(31)14-1-2-15-10-27-22(9-16(15)7-14)28-20-5-6-32-12-19(20)26/h1-4,7-10,19-21,30H,5-6,11-12H2,(H,27,28)(H,29,31)/t19-,20+,21-/m1/s1. The number of ether oxygens (including phenoxy) is 1. The third kappa shape index (κ3) is 4.98. The highest BCUT2D eigenvalue weighted by atomic mass is 35.5. The molecule has 0 bridgehead atoms. The summed E-state index contributed by atoms with van der Waals surface area (Å²) in [6.07, 6.45) is 1.08. The number of anilines is 1. The molecule has 1 amide bonds. The number of carbonyl (C=O) groups is 1. The second-order valence-corrected chi connectivity index (χ2v) is 8.05. The van der Waals surface area contributed by atoms with Crippen LogP contribution in [-0.2, 0) is 4.74 Å². The highest BCUT2D eigenvalue weighted by Gasteiger charge is 2.25. The molecule has 3 N–H and O–H groups in total. The minimum atomic E-state index is -1.12. The van der Waals surface area contributed by atoms with Crippen molar-refractivity contribution in [3.63, 3.8) is 0 Å². The first-order valence-corrected chi connectivity index (χ1v) is 10.6. The van der Waals surface area contributed by atoms with Gasteiger partial charge in [-0.15, -0.1) is 0 Å². The van der Waals surface area contributed by atoms with Crippen molar-refractivity contribution in [1.82, 2.24) is 10.3 Å². The summed E-state index contributed by atoms with van der Waals surface area (Å²) >= 11 is 5.82. The molecule has 0 radical (unpaired) electrons. The van der Waals surface area contributed by atoms with Crippen molar-refractivity contribution < 1.29 is 23.4 Å². The average Bonchev–Trinajstić information content (AvgIpc) is 2.80. The number of aromatic nitrogens is 1. The van der Waals surface area contributed by atoms with Gasteiger partial charge >= 0.3 is 0 Å². The first-order valence-electron chi connectivity index (χ1n) is 10.2. The molecule has 3 aromatic rings. The van der Waals surface area contributed by atoms with Gasteiger partial charge < -0.3 is 20.5 Å². The molecule has 2 aromatic carbocycles. The van der Waals surface area contributed by atoms with Crippen LogP contribution < -0.4 is 10.6 Å². The van der Waals surface area contributed by atoms with Crippen LogP contribution in [0.4, 0.5) is 14.6 Å². The molecular weight excluding hydrogens is 440 g/mol. The van der Waals surface area contributed by atoms with Gasteiger partial charge in [-0.2, -0.15) is 0 Å². The number of alkyl halides is 1. The molecule has 2 heterocycles. The Kier molecular flexibility index (Phi) is 6.83. The molecule has 0 saturated carbocycles. The van der Waals surface area contributed by atoms with Crippen LogP contribution >= 0.6 is 11.6 Å². The van der Waals surface area contributed by atoms with E-state index in [1.165, 1.54) is 18.2 Å². The van der Waals surface area contributed by atoms with Crippen molar-refractivity contribution in [3.05, 3.63) is 70.6 Å². The maximum absolute atomic E-state index is 14.0. The largest absolute Gasteiger partial charge is 0.394 e. The topological polar surface area (TPSA) is 83.5 Å². The zero-order chi connectivity index (χ0) is 22.7. The summed E-state index contributed by atoms with van der Waals surface area (Å²) in [5.41, 5.74) is 0.858. The molecule has 4 rings (SSSR count). The SMILES string of the molecule is O=C(N[C@H](CO)c1ccc(F)c(Cl)c1)c1ccc2cnc(N[C@H]3CCOC[C@H]3F)cc2c1. The van der Waals surface area contributed by atoms with Crippen molar-refractivity contribution in [2.75, 3.05) is 25.1 Å². The number of pyridine rings is 1. The third-order valence-corrected chi connectivity index (χ3v) is 5.73. The van der Waals surface area contributed by atoms with Crippen LogP contribution in [-0.4, -0.2) is 48.0 Å². The normalized spacial score (nSPS) is 19.5. The Bertz CT molecular complexity index is 1130. The van der Waals surface area contributed by atoms with Crippen LogP contribution in [0.3, 0.4) is 0 Å². The molecule has 168 valence electrons. The Morgan fingerprint density at radius 2 is 2.09 bits per heavy atom. The summed E-state index contributed by atoms with van der Waals surface area (Å²) in [5.74, 6) is -0.476. The second-order valence-electron chi connectivity index (χ2n) is 7.64. The average molecular weight is 462 g/mol. The molecule has 6 nitrogen and oxygen atoms in total. The number of benzene rings is 2. The van der Waals surface area contributed by atoms with E-state index >= 15 is 0 Å². The van der Waals surface area contributed by atoms with Gasteiger partial charge in [-0.1, -0.05) is 23.7 Å². The van der Waals surface area contributed by atoms with E-state index in [4.69, 9.17) is 16.3 Å². The number of nitrogens with one attached hydrogen (secondary N) is 2. The fraction of sp³-hybridized carbons (Fsp3) is 0.304. The number of amides is 1. The molecule has 1 aromatic heterocycles. The molecule has 32 heavy (non-hydrogen) atoms. The van der Waals surface area contributed by atoms with E-state index in [1.807, 2.05) is 0 Å². The van der Waals surface area contributed by atoms with E-state index in [1.54, 1.807) is 30.5 Å². The summed E-state index contributed by atoms with van der Waals surface area (Å²) in [7, 11) is 0. The quantitative estimate of drug-likeness (QED) is 0.516. The number of aliphatic hydroxyl groups excluding tert-OH is 1. The highest BCUT2D eigenvalue weighted by Crippen LogP contribution is 2.24. The van der Waals surface area contributed by atoms with Crippen LogP contribution in [0.15, 0.2) is 48.7 Å². The zero-order valence-corrected chi connectivity index (χ0v) is 17.8. The smallest absolute Gasteiger partial charge is 0.251 e. The zero-order valence-electron chi connectivity index (χ0n) is 17.0. The molecule has 1 aliphatic rings. The first-order chi connectivity index (χ1) is 15.4. The number of rotatable bonds is 6. The van der Waals surface area contributed by atoms with Crippen molar-refractivity contribution >= 4 is 34.1 Å². The van der Waals surface area contributed by atoms with Crippen LogP contribution in [0.1, 0.15) is 28.4 Å². The number of aliphatic hydroxyl groups is 1. The Balaban J connectivity index is 1.52. The van der Waals surface area contributed by atoms with Crippen molar-refractivity contribution in [2.45, 2.75) is 24.7 Å². The van der Waals surface area contributed by atoms with Crippen molar-refractivity contribution in [2.24, 2.45) is 0 Å². The summed E-state index contributed by atoms with van der Waals surface area (Å²) in [6.45, 7) is 0.164. The lowest BCUT2D eigenvalue weighted by atomic mass is 10.0. The number of nitrogens with zero attached hydrogens (tertiary/aromatic N) is 1. The molecule has 0 aliphatic carbocycles. The van der Waals surface area contributed by atoms with Gasteiger partial charge in [-0.05, 0) is 47.7 Å². The van der Waals surface area contributed by atoms with Crippen LogP contribution in [0.2, 0.25) is 5.02 Å². The number of hydrogen-bond donors (Lipinski definition) is 3. The van der Waals surface area contributed by atoms with E-state index in [9.17, 15) is 18.7 Å². The van der Waals surface area contributed by atoms with Gasteiger partial charge in [-0.3, -0.25) is 4.79 Å². The molecule has 3 atom stereocenters. The monoisotopic (exact) mass is 461 g/mol. The lowest BCUT2D eigenvalue weighted by Gasteiger charge is -2.27. The molecule has 1 saturated heterocycles. The number of hydrogen-bond acceptors (Lipinski definition) is 5. The highest BCUT2D eigenvalue weighted by molar-refractivity contribution is 6.30. The predicted octanol–water partition coefficient (Wildman–Crippen LogP) is 4.03. The van der Waals surface area contributed by atoms with Gasteiger partial charge in [0.25, 0.3) is 5.91 Å². The van der Waals surface area contributed by atoms with Crippen molar-refractivity contribution in [1.29, 1.82) is 0 Å². The van der Waals surface area contributed by atoms with Crippen LogP contribution in [0.5, 0.6) is 0 Å². The number of fused-ring (bicyclic) bond motifs is 1. The summed E-state index contributed by atoms with van der Waals surface area (Å²) < 4.78 is 32.6. The van der Waals surface area contributed by atoms with Crippen molar-refractivity contribution in [3.8, 4) is 0 Å². The van der Waals surface area contributed by atoms with E-state index in [-0.39, 0.29) is 24.3 Å². The van der Waals surface area contributed by atoms with Gasteiger partial charge in [0.15, 0.2) is 0 Å². The molecule has 9 heteroatoms. The maximum Gasteiger partial charge on any atom is 0.251 e. The van der Waals surface area contributed by atoms with Gasteiger partial charge in [-0.25, -0.2) is 13.8 Å². The van der Waals surface area contributed by atoms with E-state index in [2.05, 4.69) is 15.6 Å². The Morgan fingerprint density at radius 1 is 1.25 bits per heavy atom. The lowest BCUT2D eigenvalue weighted by Crippen LogP contribution is -2.39. The Hall–Kier alpha value is -2.81. The van der Waals surface area contributed by atoms with Gasteiger partial charge in [0.2, 0.25) is 0 Å². The van der Waals surface area contributed by atoms with Gasteiger partial charge in [0.05, 0.1) is 30.3 Å². The first kappa shape index (κ1) is 22.4. The lowest BCUT2D eigenvalue weighted by molar-refractivity contribution is 0.0285. The second kappa shape index (κ2) is 9.77. The Morgan fingerprint density at radius 3 is 2.84 bits per heavy atom. The van der Waals surface area contributed by atoms with E-state index < -0.39 is 23.9 Å². The van der Waals surface area contributed by atoms with Crippen LogP contribution in [0.25, 0.3) is 10.8 Å². The number of carbonyl (C=O) groups excluding carboxylic acids is 1. The van der Waals surface area contributed by atoms with Gasteiger partial charge in [0.1, 0.15) is 17.8 Å². The fourth-order valence-corrected chi connectivity index (χ4v) is 3.81. The van der Waals surface area contributed by atoms with E-state index in [0.717, 1.165) is 10.8 Å². The van der Waals surface area contributed by atoms with Gasteiger partial charge in [0, 0.05) is 23.8 Å². The predicted molar refractivity (Wildman–Crippen MR) is 118 cm³/mol. The molecule has 1 aliphatic heterocycles.